The fourth-order valence-electron chi connectivity index (χ4n) is 4.47. The molecule has 0 amide bonds. The summed E-state index contributed by atoms with van der Waals surface area (Å²) in [4.78, 5) is 19.4. The van der Waals surface area contributed by atoms with E-state index in [1.165, 1.54) is 12.4 Å². The van der Waals surface area contributed by atoms with Crippen LogP contribution in [0.25, 0.3) is 0 Å². The number of aromatic carboxylic acids is 1. The number of nitrogens with one attached hydrogen (secondary N) is 2. The van der Waals surface area contributed by atoms with Crippen molar-refractivity contribution in [2.75, 3.05) is 10.0 Å². The fraction of sp³-hybridized carbons (Fsp3) is 0.174. The second-order valence-electron chi connectivity index (χ2n) is 7.83. The Labute approximate surface area is 185 Å². The first-order valence-corrected chi connectivity index (χ1v) is 11.6. The third-order valence-corrected chi connectivity index (χ3v) is 7.25. The molecule has 9 heteroatoms. The molecule has 0 saturated heterocycles. The molecule has 0 radical (unpaired) electrons. The first kappa shape index (κ1) is 20.2. The van der Waals surface area contributed by atoms with Crippen molar-refractivity contribution in [1.82, 2.24) is 9.97 Å². The van der Waals surface area contributed by atoms with Gasteiger partial charge in [-0.05, 0) is 59.9 Å². The highest BCUT2D eigenvalue weighted by atomic mass is 32.2. The molecule has 5 rings (SSSR count). The lowest BCUT2D eigenvalue weighted by atomic mass is 9.77. The summed E-state index contributed by atoms with van der Waals surface area (Å²) >= 11 is 0. The highest BCUT2D eigenvalue weighted by molar-refractivity contribution is 7.92. The first-order valence-electron chi connectivity index (χ1n) is 10.1. The zero-order valence-corrected chi connectivity index (χ0v) is 17.7. The second-order valence-corrected chi connectivity index (χ2v) is 9.52. The van der Waals surface area contributed by atoms with Gasteiger partial charge in [0.05, 0.1) is 16.5 Å². The molecule has 32 heavy (non-hydrogen) atoms. The third kappa shape index (κ3) is 3.60. The number of carboxylic acid groups (broad SMARTS) is 1. The monoisotopic (exact) mass is 448 g/mol. The number of rotatable bonds is 5. The summed E-state index contributed by atoms with van der Waals surface area (Å²) in [6, 6.07) is 13.5. The number of anilines is 2. The van der Waals surface area contributed by atoms with Crippen molar-refractivity contribution in [3.63, 3.8) is 0 Å². The van der Waals surface area contributed by atoms with Crippen LogP contribution in [-0.2, 0) is 10.0 Å². The minimum atomic E-state index is -3.85. The maximum atomic E-state index is 12.9. The molecule has 3 N–H and O–H groups in total. The van der Waals surface area contributed by atoms with Crippen LogP contribution >= 0.6 is 0 Å². The van der Waals surface area contributed by atoms with Gasteiger partial charge in [-0.25, -0.2) is 27.9 Å². The Morgan fingerprint density at radius 1 is 1.09 bits per heavy atom. The molecule has 3 atom stereocenters. The Morgan fingerprint density at radius 2 is 1.91 bits per heavy atom. The molecular formula is C23H20N4O4S. The van der Waals surface area contributed by atoms with Crippen LogP contribution in [0.4, 0.5) is 11.6 Å². The molecule has 8 nitrogen and oxygen atoms in total. The summed E-state index contributed by atoms with van der Waals surface area (Å²) in [5.74, 6) is -0.781. The van der Waals surface area contributed by atoms with E-state index in [2.05, 4.69) is 32.2 Å². The van der Waals surface area contributed by atoms with Crippen molar-refractivity contribution < 1.29 is 18.3 Å². The highest BCUT2D eigenvalue weighted by Gasteiger charge is 2.38. The van der Waals surface area contributed by atoms with Crippen LogP contribution in [0.5, 0.6) is 0 Å². The Hall–Kier alpha value is -3.72. The van der Waals surface area contributed by atoms with Gasteiger partial charge in [0.2, 0.25) is 5.95 Å². The van der Waals surface area contributed by atoms with E-state index < -0.39 is 16.0 Å². The van der Waals surface area contributed by atoms with Gasteiger partial charge in [-0.2, -0.15) is 0 Å². The lowest BCUT2D eigenvalue weighted by Gasteiger charge is -2.37. The number of sulfonamides is 1. The van der Waals surface area contributed by atoms with E-state index in [0.29, 0.717) is 0 Å². The zero-order chi connectivity index (χ0) is 22.3. The largest absolute Gasteiger partial charge is 0.478 e. The van der Waals surface area contributed by atoms with Gasteiger partial charge in [-0.1, -0.05) is 24.3 Å². The van der Waals surface area contributed by atoms with Crippen molar-refractivity contribution >= 4 is 27.6 Å². The first-order chi connectivity index (χ1) is 15.4. The molecule has 0 saturated carbocycles. The molecule has 1 aromatic heterocycles. The fourth-order valence-corrected chi connectivity index (χ4v) is 5.46. The normalized spacial score (nSPS) is 21.3. The van der Waals surface area contributed by atoms with Gasteiger partial charge in [0.25, 0.3) is 10.0 Å². The van der Waals surface area contributed by atoms with Gasteiger partial charge in [0.1, 0.15) is 0 Å². The van der Waals surface area contributed by atoms with Crippen LogP contribution in [-0.4, -0.2) is 29.5 Å². The number of hydrogen-bond acceptors (Lipinski definition) is 6. The molecule has 0 bridgehead atoms. The quantitative estimate of drug-likeness (QED) is 0.508. The predicted molar refractivity (Wildman–Crippen MR) is 119 cm³/mol. The Bertz CT molecular complexity index is 1320. The minimum absolute atomic E-state index is 0.0142. The molecule has 3 aromatic rings. The van der Waals surface area contributed by atoms with Crippen LogP contribution in [0.2, 0.25) is 0 Å². The van der Waals surface area contributed by atoms with E-state index in [1.54, 1.807) is 42.5 Å². The molecule has 2 aromatic carbocycles. The molecule has 0 fully saturated rings. The Morgan fingerprint density at radius 3 is 2.69 bits per heavy atom. The summed E-state index contributed by atoms with van der Waals surface area (Å²) in [5, 5.41) is 12.9. The SMILES string of the molecule is O=C(O)c1cccc([C@@H]2Nc3ccc(S(=O)(=O)Nc4ncccn4)cc3[C@H]3C=CC[C@H]32)c1. The topological polar surface area (TPSA) is 121 Å². The van der Waals surface area contributed by atoms with Crippen molar-refractivity contribution in [2.45, 2.75) is 23.3 Å². The number of fused-ring (bicyclic) bond motifs is 3. The lowest BCUT2D eigenvalue weighted by molar-refractivity contribution is 0.0696. The van der Waals surface area contributed by atoms with Gasteiger partial charge < -0.3 is 10.4 Å². The summed E-state index contributed by atoms with van der Waals surface area (Å²) in [7, 11) is -3.85. The maximum absolute atomic E-state index is 12.9. The molecule has 0 spiro atoms. The van der Waals surface area contributed by atoms with Crippen LogP contribution in [0.15, 0.2) is 78.0 Å². The van der Waals surface area contributed by atoms with Gasteiger partial charge in [0, 0.05) is 24.0 Å². The molecule has 162 valence electrons. The Kier molecular flexibility index (Phi) is 4.90. The number of aromatic nitrogens is 2. The van der Waals surface area contributed by atoms with Crippen molar-refractivity contribution in [2.24, 2.45) is 5.92 Å². The number of benzene rings is 2. The zero-order valence-electron chi connectivity index (χ0n) is 16.8. The second kappa shape index (κ2) is 7.76. The summed E-state index contributed by atoms with van der Waals surface area (Å²) in [5.41, 5.74) is 2.87. The molecule has 1 aliphatic carbocycles. The van der Waals surface area contributed by atoms with E-state index in [4.69, 9.17) is 0 Å². The number of carboxylic acids is 1. The lowest BCUT2D eigenvalue weighted by Crippen LogP contribution is -2.29. The summed E-state index contributed by atoms with van der Waals surface area (Å²) < 4.78 is 28.2. The average molecular weight is 449 g/mol. The number of allylic oxidation sites excluding steroid dienone is 2. The third-order valence-electron chi connectivity index (χ3n) is 5.93. The van der Waals surface area contributed by atoms with Crippen molar-refractivity contribution in [3.8, 4) is 0 Å². The molecular weight excluding hydrogens is 428 g/mol. The van der Waals surface area contributed by atoms with Crippen molar-refractivity contribution in [3.05, 3.63) is 89.8 Å². The highest BCUT2D eigenvalue weighted by Crippen LogP contribution is 2.50. The number of carbonyl (C=O) groups is 1. The van der Waals surface area contributed by atoms with Gasteiger partial charge in [0.15, 0.2) is 0 Å². The van der Waals surface area contributed by atoms with E-state index in [1.807, 2.05) is 6.07 Å². The summed E-state index contributed by atoms with van der Waals surface area (Å²) in [6.45, 7) is 0. The van der Waals surface area contributed by atoms with E-state index in [9.17, 15) is 18.3 Å². The minimum Gasteiger partial charge on any atom is -0.478 e. The van der Waals surface area contributed by atoms with E-state index >= 15 is 0 Å². The van der Waals surface area contributed by atoms with Crippen molar-refractivity contribution in [1.29, 1.82) is 0 Å². The standard InChI is InChI=1S/C23H20N4O4S/c28-22(29)15-5-1-4-14(12-15)21-18-7-2-6-17(18)19-13-16(8-9-20(19)26-21)32(30,31)27-23-24-10-3-11-25-23/h1-6,8-13,17-18,21,26H,7H2,(H,28,29)(H,24,25,27)/t17-,18+,21-/m0/s1. The smallest absolute Gasteiger partial charge is 0.335 e. The molecule has 2 aliphatic rings. The van der Waals surface area contributed by atoms with Crippen LogP contribution in [0.3, 0.4) is 0 Å². The Balaban J connectivity index is 1.50. The van der Waals surface area contributed by atoms with Crippen LogP contribution in [0, 0.1) is 5.92 Å². The van der Waals surface area contributed by atoms with Gasteiger partial charge >= 0.3 is 5.97 Å². The molecule has 2 heterocycles. The van der Waals surface area contributed by atoms with Crippen LogP contribution in [0.1, 0.15) is 39.9 Å². The summed E-state index contributed by atoms with van der Waals surface area (Å²) in [6.07, 6.45) is 7.94. The predicted octanol–water partition coefficient (Wildman–Crippen LogP) is 3.80. The maximum Gasteiger partial charge on any atom is 0.335 e. The molecule has 0 unspecified atom stereocenters. The number of nitrogens with zero attached hydrogens (tertiary/aromatic N) is 2. The van der Waals surface area contributed by atoms with E-state index in [0.717, 1.165) is 23.2 Å². The number of hydrogen-bond donors (Lipinski definition) is 3. The van der Waals surface area contributed by atoms with Gasteiger partial charge in [-0.15, -0.1) is 0 Å². The van der Waals surface area contributed by atoms with Crippen LogP contribution < -0.4 is 10.0 Å². The molecule has 1 aliphatic heterocycles. The van der Waals surface area contributed by atoms with E-state index in [-0.39, 0.29) is 34.3 Å². The van der Waals surface area contributed by atoms with Gasteiger partial charge in [-0.3, -0.25) is 0 Å². The average Bonchev–Trinajstić information content (AvgIpc) is 3.29.